The van der Waals surface area contributed by atoms with Crippen LogP contribution in [0.2, 0.25) is 0 Å². The van der Waals surface area contributed by atoms with Gasteiger partial charge in [-0.1, -0.05) is 21.6 Å². The minimum atomic E-state index is -5.08. The van der Waals surface area contributed by atoms with E-state index in [1.165, 1.54) is 58.0 Å². The van der Waals surface area contributed by atoms with E-state index in [0.717, 1.165) is 12.1 Å². The highest BCUT2D eigenvalue weighted by atomic mass is 33.1. The van der Waals surface area contributed by atoms with E-state index < -0.39 is 34.0 Å². The van der Waals surface area contributed by atoms with Gasteiger partial charge in [-0.2, -0.15) is 13.2 Å². The molecule has 0 bridgehead atoms. The van der Waals surface area contributed by atoms with Gasteiger partial charge in [0, 0.05) is 29.3 Å². The van der Waals surface area contributed by atoms with Gasteiger partial charge < -0.3 is 15.5 Å². The molecule has 0 aliphatic heterocycles. The Morgan fingerprint density at radius 2 is 1.42 bits per heavy atom. The van der Waals surface area contributed by atoms with Crippen molar-refractivity contribution < 1.29 is 50.6 Å². The third-order valence-corrected chi connectivity index (χ3v) is 7.52. The first-order valence-corrected chi connectivity index (χ1v) is 13.6. The molecule has 0 saturated carbocycles. The second-order valence-electron chi connectivity index (χ2n) is 6.48. The largest absolute Gasteiger partial charge is 0.490 e. The fourth-order valence-corrected chi connectivity index (χ4v) is 5.02. The van der Waals surface area contributed by atoms with Crippen molar-refractivity contribution in [1.82, 2.24) is 5.32 Å². The Bertz CT molecular complexity index is 1130. The molecule has 0 saturated heterocycles. The Hall–Kier alpha value is -2.98. The molecule has 1 amide bonds. The van der Waals surface area contributed by atoms with Crippen LogP contribution in [0, 0.1) is 5.82 Å². The van der Waals surface area contributed by atoms with Crippen LogP contribution in [0.4, 0.5) is 23.2 Å². The molecule has 2 aromatic rings. The first-order chi connectivity index (χ1) is 16.7. The summed E-state index contributed by atoms with van der Waals surface area (Å²) in [5, 5.41) is 18.4. The van der Waals surface area contributed by atoms with E-state index in [-0.39, 0.29) is 22.9 Å². The number of alkyl halides is 3. The maximum absolute atomic E-state index is 12.9. The molecule has 0 aliphatic rings. The number of nitrogens with one attached hydrogen (secondary N) is 2. The monoisotopic (exact) mass is 572 g/mol. The zero-order valence-electron chi connectivity index (χ0n) is 18.1. The molecule has 0 fully saturated rings. The Balaban J connectivity index is 0.000000809. The number of hydrogen-bond donors (Lipinski definition) is 4. The van der Waals surface area contributed by atoms with Crippen molar-refractivity contribution in [1.29, 1.82) is 0 Å². The molecule has 0 aliphatic carbocycles. The van der Waals surface area contributed by atoms with Crippen LogP contribution in [0.3, 0.4) is 0 Å². The van der Waals surface area contributed by atoms with Crippen molar-refractivity contribution in [3.05, 3.63) is 59.9 Å². The molecule has 0 spiro atoms. The van der Waals surface area contributed by atoms with Gasteiger partial charge in [-0.3, -0.25) is 14.3 Å². The number of carbonyl (C=O) groups excluding carboxylic acids is 1. The Labute approximate surface area is 211 Å². The van der Waals surface area contributed by atoms with Crippen molar-refractivity contribution in [2.24, 2.45) is 0 Å². The molecular formula is C20H20F4N2O7S3. The molecule has 0 radical (unpaired) electrons. The number of sulfonamides is 1. The first-order valence-electron chi connectivity index (χ1n) is 9.65. The lowest BCUT2D eigenvalue weighted by molar-refractivity contribution is -0.192. The summed E-state index contributed by atoms with van der Waals surface area (Å²) in [6.45, 7) is 0.399. The number of carbonyl (C=O) groups is 3. The van der Waals surface area contributed by atoms with E-state index in [1.54, 1.807) is 0 Å². The maximum Gasteiger partial charge on any atom is 0.490 e. The summed E-state index contributed by atoms with van der Waals surface area (Å²) in [6.07, 6.45) is -4.99. The van der Waals surface area contributed by atoms with Crippen molar-refractivity contribution in [2.45, 2.75) is 17.5 Å². The van der Waals surface area contributed by atoms with Crippen molar-refractivity contribution in [3.8, 4) is 0 Å². The molecule has 16 heteroatoms. The van der Waals surface area contributed by atoms with Gasteiger partial charge in [-0.15, -0.1) is 0 Å². The van der Waals surface area contributed by atoms with Crippen LogP contribution in [0.5, 0.6) is 0 Å². The summed E-state index contributed by atoms with van der Waals surface area (Å²) in [5.41, 5.74) is 0.543. The number of benzene rings is 2. The molecule has 198 valence electrons. The second-order valence-corrected chi connectivity index (χ2v) is 10.9. The summed E-state index contributed by atoms with van der Waals surface area (Å²) >= 11 is 0. The van der Waals surface area contributed by atoms with Crippen molar-refractivity contribution in [3.63, 3.8) is 0 Å². The van der Waals surface area contributed by atoms with E-state index in [4.69, 9.17) is 15.0 Å². The van der Waals surface area contributed by atoms with Crippen LogP contribution >= 0.6 is 21.6 Å². The highest BCUT2D eigenvalue weighted by molar-refractivity contribution is 8.76. The van der Waals surface area contributed by atoms with E-state index in [1.807, 2.05) is 0 Å². The zero-order valence-corrected chi connectivity index (χ0v) is 20.6. The summed E-state index contributed by atoms with van der Waals surface area (Å²) in [6, 6.07) is 10.4. The number of aliphatic carboxylic acids is 2. The fourth-order valence-electron chi connectivity index (χ4n) is 2.07. The minimum absolute atomic E-state index is 0.0243. The average molecular weight is 573 g/mol. The predicted molar refractivity (Wildman–Crippen MR) is 127 cm³/mol. The zero-order chi connectivity index (χ0) is 27.4. The molecule has 4 N–H and O–H groups in total. The van der Waals surface area contributed by atoms with Gasteiger partial charge in [0.25, 0.3) is 15.9 Å². The van der Waals surface area contributed by atoms with Crippen LogP contribution in [0.15, 0.2) is 53.4 Å². The third kappa shape index (κ3) is 12.1. The van der Waals surface area contributed by atoms with Crippen LogP contribution in [0.1, 0.15) is 16.8 Å². The fraction of sp³-hybridized carbons (Fsp3) is 0.250. The third-order valence-electron chi connectivity index (χ3n) is 3.72. The lowest BCUT2D eigenvalue weighted by atomic mass is 10.2. The number of halogens is 4. The molecular weight excluding hydrogens is 552 g/mol. The number of amides is 1. The number of rotatable bonds is 11. The minimum Gasteiger partial charge on any atom is -0.481 e. The van der Waals surface area contributed by atoms with Gasteiger partial charge in [0.2, 0.25) is 0 Å². The predicted octanol–water partition coefficient (Wildman–Crippen LogP) is 3.85. The van der Waals surface area contributed by atoms with Crippen LogP contribution in [0.25, 0.3) is 0 Å². The van der Waals surface area contributed by atoms with Gasteiger partial charge in [0.1, 0.15) is 5.82 Å². The van der Waals surface area contributed by atoms with Gasteiger partial charge in [-0.05, 0) is 48.5 Å². The van der Waals surface area contributed by atoms with Gasteiger partial charge >= 0.3 is 18.1 Å². The summed E-state index contributed by atoms with van der Waals surface area (Å²) in [5.74, 6) is -3.30. The van der Waals surface area contributed by atoms with Crippen LogP contribution in [-0.4, -0.2) is 60.7 Å². The van der Waals surface area contributed by atoms with Crippen LogP contribution < -0.4 is 10.0 Å². The second kappa shape index (κ2) is 14.5. The smallest absolute Gasteiger partial charge is 0.481 e. The molecule has 0 heterocycles. The molecule has 0 aromatic heterocycles. The summed E-state index contributed by atoms with van der Waals surface area (Å²) in [7, 11) is -0.964. The highest BCUT2D eigenvalue weighted by Crippen LogP contribution is 2.21. The molecule has 0 unspecified atom stereocenters. The van der Waals surface area contributed by atoms with Crippen LogP contribution in [-0.2, 0) is 19.6 Å². The maximum atomic E-state index is 12.9. The van der Waals surface area contributed by atoms with Crippen molar-refractivity contribution >= 4 is 55.1 Å². The molecule has 9 nitrogen and oxygen atoms in total. The highest BCUT2D eigenvalue weighted by Gasteiger charge is 2.38. The van der Waals surface area contributed by atoms with Gasteiger partial charge in [0.05, 0.1) is 11.3 Å². The number of anilines is 1. The summed E-state index contributed by atoms with van der Waals surface area (Å²) in [4.78, 5) is 31.4. The Morgan fingerprint density at radius 1 is 0.889 bits per heavy atom. The molecule has 2 aromatic carbocycles. The molecule has 2 rings (SSSR count). The van der Waals surface area contributed by atoms with Gasteiger partial charge in [-0.25, -0.2) is 17.6 Å². The summed E-state index contributed by atoms with van der Waals surface area (Å²) < 4.78 is 71.7. The number of carboxylic acids is 2. The quantitative estimate of drug-likeness (QED) is 0.179. The van der Waals surface area contributed by atoms with Crippen molar-refractivity contribution in [2.75, 3.05) is 22.8 Å². The van der Waals surface area contributed by atoms with E-state index >= 15 is 0 Å². The number of hydrogen-bond acceptors (Lipinski definition) is 7. The van der Waals surface area contributed by atoms with Gasteiger partial charge in [0.15, 0.2) is 0 Å². The number of carboxylic acid groups (broad SMARTS) is 2. The lowest BCUT2D eigenvalue weighted by Gasteiger charge is -2.09. The Kier molecular flexibility index (Phi) is 12.5. The normalized spacial score (nSPS) is 11.1. The first kappa shape index (κ1) is 31.1. The standard InChI is InChI=1S/C18H19FN2O5S3.C2HF3O2/c19-14-3-5-15(6-4-14)21-29(25,26)16-7-1-13(2-8-16)18(24)20-10-12-28-27-11-9-17(22)23;3-2(4,5)1(6)7/h1-8,21H,9-12H2,(H,20,24)(H,22,23);(H,6,7). The van der Waals surface area contributed by atoms with E-state index in [2.05, 4.69) is 10.0 Å². The van der Waals surface area contributed by atoms with E-state index in [9.17, 15) is 35.6 Å². The Morgan fingerprint density at radius 3 is 1.92 bits per heavy atom. The SMILES string of the molecule is O=C(O)C(F)(F)F.O=C(O)CCSSCCNC(=O)c1ccc(S(=O)(=O)Nc2ccc(F)cc2)cc1. The molecule has 36 heavy (non-hydrogen) atoms. The molecule has 0 atom stereocenters. The van der Waals surface area contributed by atoms with E-state index in [0.29, 0.717) is 23.6 Å². The average Bonchev–Trinajstić information content (AvgIpc) is 2.79. The topological polar surface area (TPSA) is 150 Å². The lowest BCUT2D eigenvalue weighted by Crippen LogP contribution is -2.25.